The van der Waals surface area contributed by atoms with Gasteiger partial charge in [0.15, 0.2) is 0 Å². The Morgan fingerprint density at radius 1 is 1.13 bits per heavy atom. The van der Waals surface area contributed by atoms with Crippen molar-refractivity contribution in [2.24, 2.45) is 5.92 Å². The van der Waals surface area contributed by atoms with E-state index < -0.39 is 0 Å². The van der Waals surface area contributed by atoms with Crippen LogP contribution in [0.1, 0.15) is 37.3 Å². The molecule has 1 amide bonds. The molecule has 1 aliphatic carbocycles. The quantitative estimate of drug-likeness (QED) is 0.843. The molecule has 1 saturated heterocycles. The summed E-state index contributed by atoms with van der Waals surface area (Å²) in [5.74, 6) is -0.0993. The second-order valence-corrected chi connectivity index (χ2v) is 6.43. The van der Waals surface area contributed by atoms with Crippen LogP contribution in [0.25, 0.3) is 0 Å². The van der Waals surface area contributed by atoms with Gasteiger partial charge in [0.25, 0.3) is 0 Å². The molecule has 1 heterocycles. The summed E-state index contributed by atoms with van der Waals surface area (Å²) >= 11 is 0. The van der Waals surface area contributed by atoms with Crippen LogP contribution in [-0.4, -0.2) is 43.0 Å². The minimum absolute atomic E-state index is 0.0424. The van der Waals surface area contributed by atoms with E-state index in [0.717, 1.165) is 44.3 Å². The fourth-order valence-corrected chi connectivity index (χ4v) is 3.23. The van der Waals surface area contributed by atoms with Crippen molar-refractivity contribution in [3.05, 3.63) is 35.9 Å². The topological polar surface area (TPSA) is 58.6 Å². The maximum Gasteiger partial charge on any atom is 0.308 e. The molecule has 1 atom stereocenters. The van der Waals surface area contributed by atoms with Crippen LogP contribution in [0, 0.1) is 5.92 Å². The maximum absolute atomic E-state index is 12.7. The van der Waals surface area contributed by atoms with Crippen LogP contribution < -0.4 is 5.32 Å². The number of ether oxygens (including phenoxy) is 1. The minimum Gasteiger partial charge on any atom is -0.469 e. The van der Waals surface area contributed by atoms with E-state index in [2.05, 4.69) is 10.2 Å². The summed E-state index contributed by atoms with van der Waals surface area (Å²) in [4.78, 5) is 26.6. The third kappa shape index (κ3) is 3.91. The number of piperidine rings is 1. The third-order valence-electron chi connectivity index (χ3n) is 4.72. The fraction of sp³-hybridized carbons (Fsp3) is 0.556. The lowest BCUT2D eigenvalue weighted by Crippen LogP contribution is -2.45. The van der Waals surface area contributed by atoms with Gasteiger partial charge in [-0.3, -0.25) is 14.5 Å². The van der Waals surface area contributed by atoms with E-state index in [1.807, 2.05) is 30.3 Å². The molecule has 124 valence electrons. The Kier molecular flexibility index (Phi) is 4.96. The first-order valence-corrected chi connectivity index (χ1v) is 8.36. The first-order chi connectivity index (χ1) is 11.2. The molecular weight excluding hydrogens is 292 g/mol. The normalized spacial score (nSPS) is 20.7. The number of hydrogen-bond acceptors (Lipinski definition) is 4. The highest BCUT2D eigenvalue weighted by molar-refractivity contribution is 5.83. The number of carbonyl (C=O) groups excluding carboxylic acids is 2. The van der Waals surface area contributed by atoms with Gasteiger partial charge in [0.2, 0.25) is 5.91 Å². The highest BCUT2D eigenvalue weighted by Crippen LogP contribution is 2.29. The van der Waals surface area contributed by atoms with Crippen molar-refractivity contribution in [1.82, 2.24) is 10.2 Å². The summed E-state index contributed by atoms with van der Waals surface area (Å²) in [6, 6.07) is 9.98. The van der Waals surface area contributed by atoms with E-state index in [1.165, 1.54) is 7.11 Å². The van der Waals surface area contributed by atoms with Crippen LogP contribution in [0.4, 0.5) is 0 Å². The predicted octanol–water partition coefficient (Wildman–Crippen LogP) is 1.89. The highest BCUT2D eigenvalue weighted by atomic mass is 16.5. The zero-order valence-electron chi connectivity index (χ0n) is 13.5. The smallest absolute Gasteiger partial charge is 0.308 e. The molecule has 5 nitrogen and oxygen atoms in total. The monoisotopic (exact) mass is 316 g/mol. The lowest BCUT2D eigenvalue weighted by Gasteiger charge is -2.36. The number of carbonyl (C=O) groups is 2. The van der Waals surface area contributed by atoms with Crippen LogP contribution in [0.5, 0.6) is 0 Å². The average Bonchev–Trinajstić information content (AvgIpc) is 3.40. The van der Waals surface area contributed by atoms with Gasteiger partial charge in [-0.05, 0) is 31.2 Å². The molecule has 2 aliphatic rings. The number of amides is 1. The van der Waals surface area contributed by atoms with Crippen LogP contribution in [-0.2, 0) is 14.3 Å². The summed E-state index contributed by atoms with van der Waals surface area (Å²) < 4.78 is 4.84. The Balaban J connectivity index is 1.71. The number of rotatable bonds is 5. The zero-order chi connectivity index (χ0) is 16.2. The summed E-state index contributed by atoms with van der Waals surface area (Å²) in [6.07, 6.45) is 3.65. The highest BCUT2D eigenvalue weighted by Gasteiger charge is 2.35. The Morgan fingerprint density at radius 3 is 2.35 bits per heavy atom. The summed E-state index contributed by atoms with van der Waals surface area (Å²) in [6.45, 7) is 1.47. The minimum atomic E-state index is -0.268. The molecule has 1 aromatic rings. The van der Waals surface area contributed by atoms with E-state index in [9.17, 15) is 9.59 Å². The van der Waals surface area contributed by atoms with Gasteiger partial charge in [-0.2, -0.15) is 0 Å². The largest absolute Gasteiger partial charge is 0.469 e. The standard InChI is InChI=1S/C18H24N2O3/c1-23-18(22)14-9-11-20(12-10-14)16(13-5-3-2-4-6-13)17(21)19-15-7-8-15/h2-6,14-16H,7-12H2,1H3,(H,19,21)/t16-/m1/s1. The van der Waals surface area contributed by atoms with Crippen molar-refractivity contribution in [2.75, 3.05) is 20.2 Å². The van der Waals surface area contributed by atoms with E-state index in [0.29, 0.717) is 6.04 Å². The van der Waals surface area contributed by atoms with E-state index in [-0.39, 0.29) is 23.8 Å². The average molecular weight is 316 g/mol. The summed E-state index contributed by atoms with van der Waals surface area (Å²) in [7, 11) is 1.44. The third-order valence-corrected chi connectivity index (χ3v) is 4.72. The number of hydrogen-bond donors (Lipinski definition) is 1. The van der Waals surface area contributed by atoms with Gasteiger partial charge in [0, 0.05) is 19.1 Å². The number of esters is 1. The van der Waals surface area contributed by atoms with Gasteiger partial charge in [-0.1, -0.05) is 30.3 Å². The molecule has 1 saturated carbocycles. The first-order valence-electron chi connectivity index (χ1n) is 8.36. The molecule has 1 aliphatic heterocycles. The van der Waals surface area contributed by atoms with Gasteiger partial charge in [0.1, 0.15) is 6.04 Å². The molecule has 0 radical (unpaired) electrons. The van der Waals surface area contributed by atoms with Crippen molar-refractivity contribution >= 4 is 11.9 Å². The Labute approximate surface area is 137 Å². The first kappa shape index (κ1) is 16.0. The van der Waals surface area contributed by atoms with Gasteiger partial charge < -0.3 is 10.1 Å². The van der Waals surface area contributed by atoms with Crippen molar-refractivity contribution < 1.29 is 14.3 Å². The number of benzene rings is 1. The Hall–Kier alpha value is -1.88. The van der Waals surface area contributed by atoms with Gasteiger partial charge in [0.05, 0.1) is 13.0 Å². The molecular formula is C18H24N2O3. The maximum atomic E-state index is 12.7. The molecule has 23 heavy (non-hydrogen) atoms. The molecule has 0 aromatic heterocycles. The van der Waals surface area contributed by atoms with Crippen LogP contribution in [0.15, 0.2) is 30.3 Å². The Morgan fingerprint density at radius 2 is 1.78 bits per heavy atom. The van der Waals surface area contributed by atoms with Crippen LogP contribution in [0.2, 0.25) is 0 Å². The fourth-order valence-electron chi connectivity index (χ4n) is 3.23. The molecule has 2 fully saturated rings. The van der Waals surface area contributed by atoms with Crippen molar-refractivity contribution in [3.8, 4) is 0 Å². The lowest BCUT2D eigenvalue weighted by atomic mass is 9.94. The summed E-state index contributed by atoms with van der Waals surface area (Å²) in [5.41, 5.74) is 1.02. The van der Waals surface area contributed by atoms with E-state index >= 15 is 0 Å². The lowest BCUT2D eigenvalue weighted by molar-refractivity contribution is -0.147. The molecule has 0 unspecified atom stereocenters. The predicted molar refractivity (Wildman–Crippen MR) is 86.7 cm³/mol. The van der Waals surface area contributed by atoms with Crippen molar-refractivity contribution in [2.45, 2.75) is 37.8 Å². The number of nitrogens with one attached hydrogen (secondary N) is 1. The number of nitrogens with zero attached hydrogens (tertiary/aromatic N) is 1. The SMILES string of the molecule is COC(=O)C1CCN([C@@H](C(=O)NC2CC2)c2ccccc2)CC1. The second kappa shape index (κ2) is 7.13. The summed E-state index contributed by atoms with van der Waals surface area (Å²) in [5, 5.41) is 3.12. The van der Waals surface area contributed by atoms with Crippen molar-refractivity contribution in [1.29, 1.82) is 0 Å². The van der Waals surface area contributed by atoms with Crippen molar-refractivity contribution in [3.63, 3.8) is 0 Å². The second-order valence-electron chi connectivity index (χ2n) is 6.43. The number of likely N-dealkylation sites (tertiary alicyclic amines) is 1. The van der Waals surface area contributed by atoms with Gasteiger partial charge in [-0.15, -0.1) is 0 Å². The molecule has 0 spiro atoms. The van der Waals surface area contributed by atoms with E-state index in [4.69, 9.17) is 4.74 Å². The van der Waals surface area contributed by atoms with Crippen LogP contribution in [0.3, 0.4) is 0 Å². The van der Waals surface area contributed by atoms with Gasteiger partial charge in [-0.25, -0.2) is 0 Å². The van der Waals surface area contributed by atoms with E-state index in [1.54, 1.807) is 0 Å². The molecule has 1 N–H and O–H groups in total. The van der Waals surface area contributed by atoms with Gasteiger partial charge >= 0.3 is 5.97 Å². The number of methoxy groups -OCH3 is 1. The molecule has 1 aromatic carbocycles. The molecule has 0 bridgehead atoms. The zero-order valence-corrected chi connectivity index (χ0v) is 13.5. The molecule has 5 heteroatoms. The Bertz CT molecular complexity index is 549. The molecule has 3 rings (SSSR count). The van der Waals surface area contributed by atoms with Crippen LogP contribution >= 0.6 is 0 Å².